The Kier molecular flexibility index (Phi) is 8.25. The summed E-state index contributed by atoms with van der Waals surface area (Å²) in [6.45, 7) is -1.00. The molecule has 0 aromatic carbocycles. The van der Waals surface area contributed by atoms with Gasteiger partial charge in [-0.3, -0.25) is 18.9 Å². The molecule has 0 aliphatic carbocycles. The Morgan fingerprint density at radius 1 is 1.45 bits per heavy atom. The quantitative estimate of drug-likeness (QED) is 0.230. The van der Waals surface area contributed by atoms with Crippen LogP contribution in [0.2, 0.25) is 0 Å². The Morgan fingerprint density at radius 3 is 2.55 bits per heavy atom. The number of aromatic nitrogens is 2. The number of H-pyrrole nitrogens is 1. The first-order valence-corrected chi connectivity index (χ1v) is 7.66. The molecule has 0 saturated carbocycles. The van der Waals surface area contributed by atoms with E-state index < -0.39 is 27.2 Å². The van der Waals surface area contributed by atoms with E-state index in [-0.39, 0.29) is 23.2 Å². The lowest BCUT2D eigenvalue weighted by Gasteiger charge is -2.15. The van der Waals surface area contributed by atoms with E-state index in [0.717, 1.165) is 0 Å². The van der Waals surface area contributed by atoms with Gasteiger partial charge in [-0.25, -0.2) is 0 Å². The Hall–Kier alpha value is -0.750. The average Bonchev–Trinajstić information content (AvgIpc) is 2.86. The van der Waals surface area contributed by atoms with Crippen molar-refractivity contribution < 1.29 is 34.4 Å². The third kappa shape index (κ3) is 5.80. The molecule has 2 heterocycles. The van der Waals surface area contributed by atoms with Crippen LogP contribution in [-0.4, -0.2) is 47.7 Å². The second-order valence-electron chi connectivity index (χ2n) is 4.11. The first-order valence-electron chi connectivity index (χ1n) is 6.09. The van der Waals surface area contributed by atoms with Gasteiger partial charge >= 0.3 is 8.60 Å². The van der Waals surface area contributed by atoms with Crippen molar-refractivity contribution in [3.05, 3.63) is 26.9 Å². The topological polar surface area (TPSA) is 157 Å². The number of rotatable bonds is 4. The number of aromatic amines is 1. The van der Waals surface area contributed by atoms with Crippen molar-refractivity contribution in [3.63, 3.8) is 0 Å². The molecule has 1 aliphatic rings. The fourth-order valence-corrected chi connectivity index (χ4v) is 2.08. The van der Waals surface area contributed by atoms with E-state index in [1.54, 1.807) is 4.57 Å². The molecule has 0 amide bonds. The van der Waals surface area contributed by atoms with E-state index in [1.165, 1.54) is 6.20 Å². The first kappa shape index (κ1) is 19.3. The van der Waals surface area contributed by atoms with Crippen LogP contribution >= 0.6 is 20.8 Å². The zero-order valence-corrected chi connectivity index (χ0v) is 13.0. The number of nitrogens with one attached hydrogen (secondary N) is 1. The Labute approximate surface area is 131 Å². The highest BCUT2D eigenvalue weighted by Crippen LogP contribution is 2.26. The number of nitrogens with zero attached hydrogens (tertiary/aromatic N) is 1. The van der Waals surface area contributed by atoms with Gasteiger partial charge < -0.3 is 29.8 Å². The van der Waals surface area contributed by atoms with Crippen molar-refractivity contribution in [1.29, 1.82) is 0 Å². The summed E-state index contributed by atoms with van der Waals surface area (Å²) in [5, 5.41) is 25.9. The van der Waals surface area contributed by atoms with Gasteiger partial charge in [0.25, 0.3) is 5.56 Å². The second-order valence-corrected chi connectivity index (χ2v) is 5.26. The van der Waals surface area contributed by atoms with E-state index in [2.05, 4.69) is 9.51 Å². The molecule has 126 valence electrons. The normalized spacial score (nSPS) is 20.8. The van der Waals surface area contributed by atoms with Gasteiger partial charge in [-0.2, -0.15) is 0 Å². The van der Waals surface area contributed by atoms with E-state index in [4.69, 9.17) is 37.0 Å². The zero-order valence-electron chi connectivity index (χ0n) is 11.3. The summed E-state index contributed by atoms with van der Waals surface area (Å²) in [4.78, 5) is 29.3. The number of hydrogen-bond donors (Lipinski definition) is 6. The molecular weight excluding hydrogens is 339 g/mol. The molecule has 0 radical (unpaired) electrons. The molecule has 1 aromatic heterocycles. The van der Waals surface area contributed by atoms with Crippen molar-refractivity contribution in [2.75, 3.05) is 6.79 Å². The maximum absolute atomic E-state index is 11.3. The van der Waals surface area contributed by atoms with Gasteiger partial charge in [0, 0.05) is 12.6 Å². The maximum atomic E-state index is 11.3. The highest BCUT2D eigenvalue weighted by molar-refractivity contribution is 7.71. The molecule has 1 aromatic rings. The summed E-state index contributed by atoms with van der Waals surface area (Å²) in [5.41, 5.74) is -0.180. The predicted molar refractivity (Wildman–Crippen MR) is 76.7 cm³/mol. The van der Waals surface area contributed by atoms with Crippen LogP contribution < -0.4 is 5.56 Å². The van der Waals surface area contributed by atoms with Gasteiger partial charge in [-0.15, -0.1) is 0 Å². The lowest BCUT2D eigenvalue weighted by molar-refractivity contribution is -0.113. The van der Waals surface area contributed by atoms with Crippen molar-refractivity contribution >= 4 is 20.8 Å². The first-order chi connectivity index (χ1) is 10.4. The van der Waals surface area contributed by atoms with Crippen molar-refractivity contribution in [3.8, 4) is 0 Å². The fourth-order valence-electron chi connectivity index (χ4n) is 1.71. The number of aliphatic hydroxyl groups excluding tert-OH is 3. The molecular formula is C10H17N2O8PS. The molecule has 1 unspecified atom stereocenters. The molecule has 2 atom stereocenters. The SMILES string of the molecule is O=c1[nH]c(=S)n(C2CC[C@@H](O)O2)cc1CO.OCOP(O)O. The minimum absolute atomic E-state index is 0.221. The van der Waals surface area contributed by atoms with Crippen LogP contribution in [-0.2, 0) is 15.9 Å². The summed E-state index contributed by atoms with van der Waals surface area (Å²) in [6, 6.07) is 0. The van der Waals surface area contributed by atoms with E-state index in [1.807, 2.05) is 0 Å². The van der Waals surface area contributed by atoms with Crippen molar-refractivity contribution in [2.45, 2.75) is 32.0 Å². The van der Waals surface area contributed by atoms with Crippen molar-refractivity contribution in [2.24, 2.45) is 0 Å². The van der Waals surface area contributed by atoms with Gasteiger partial charge in [0.2, 0.25) is 0 Å². The van der Waals surface area contributed by atoms with E-state index in [0.29, 0.717) is 12.8 Å². The maximum Gasteiger partial charge on any atom is 0.329 e. The second kappa shape index (κ2) is 9.40. The van der Waals surface area contributed by atoms with Gasteiger partial charge in [-0.1, -0.05) is 0 Å². The van der Waals surface area contributed by atoms with Gasteiger partial charge in [0.1, 0.15) is 6.23 Å². The average molecular weight is 356 g/mol. The molecule has 0 bridgehead atoms. The summed E-state index contributed by atoms with van der Waals surface area (Å²) in [7, 11) is -2.35. The fraction of sp³-hybridized carbons (Fsp3) is 0.600. The molecule has 6 N–H and O–H groups in total. The smallest absolute Gasteiger partial charge is 0.329 e. The summed E-state index contributed by atoms with van der Waals surface area (Å²) in [6.07, 6.45) is 1.43. The molecule has 10 nitrogen and oxygen atoms in total. The lowest BCUT2D eigenvalue weighted by atomic mass is 10.3. The highest BCUT2D eigenvalue weighted by atomic mass is 32.1. The third-order valence-electron chi connectivity index (χ3n) is 2.67. The molecule has 22 heavy (non-hydrogen) atoms. The highest BCUT2D eigenvalue weighted by Gasteiger charge is 2.25. The molecule has 2 rings (SSSR count). The van der Waals surface area contributed by atoms with E-state index >= 15 is 0 Å². The van der Waals surface area contributed by atoms with Crippen LogP contribution in [0.3, 0.4) is 0 Å². The van der Waals surface area contributed by atoms with Crippen LogP contribution in [0.4, 0.5) is 0 Å². The van der Waals surface area contributed by atoms with E-state index in [9.17, 15) is 9.90 Å². The van der Waals surface area contributed by atoms with Crippen LogP contribution in [0.25, 0.3) is 0 Å². The monoisotopic (exact) mass is 356 g/mol. The third-order valence-corrected chi connectivity index (χ3v) is 3.33. The minimum Gasteiger partial charge on any atom is -0.391 e. The summed E-state index contributed by atoms with van der Waals surface area (Å²) >= 11 is 4.99. The summed E-state index contributed by atoms with van der Waals surface area (Å²) in [5.74, 6) is 0. The van der Waals surface area contributed by atoms with Crippen LogP contribution in [0.15, 0.2) is 11.0 Å². The minimum atomic E-state index is -2.35. The van der Waals surface area contributed by atoms with Crippen LogP contribution in [0.5, 0.6) is 0 Å². The standard InChI is InChI=1S/C9H12N2O4S.CH5O4P/c12-4-5-3-11(9(16)10-8(5)14)6-1-2-7(13)15-6;2-1-5-6(3)4/h3,6-7,12-13H,1-2,4H2,(H,10,14,16);2-4H,1H2/t6?,7-;/m0./s1. The molecule has 1 saturated heterocycles. The van der Waals surface area contributed by atoms with Gasteiger partial charge in [-0.05, 0) is 18.6 Å². The largest absolute Gasteiger partial charge is 0.391 e. The Morgan fingerprint density at radius 2 is 2.14 bits per heavy atom. The zero-order chi connectivity index (χ0) is 16.7. The number of aliphatic hydroxyl groups is 3. The van der Waals surface area contributed by atoms with Crippen LogP contribution in [0, 0.1) is 4.77 Å². The summed E-state index contributed by atoms with van der Waals surface area (Å²) < 4.78 is 10.8. The Bertz CT molecular complexity index is 577. The molecule has 12 heteroatoms. The predicted octanol–water partition coefficient (Wildman–Crippen LogP) is -0.810. The molecule has 1 aliphatic heterocycles. The number of hydrogen-bond acceptors (Lipinski definition) is 9. The van der Waals surface area contributed by atoms with Crippen molar-refractivity contribution in [1.82, 2.24) is 9.55 Å². The Balaban J connectivity index is 0.000000346. The van der Waals surface area contributed by atoms with Gasteiger partial charge in [0.15, 0.2) is 17.9 Å². The lowest BCUT2D eigenvalue weighted by Crippen LogP contribution is -2.21. The molecule has 1 fully saturated rings. The van der Waals surface area contributed by atoms with Crippen LogP contribution in [0.1, 0.15) is 24.6 Å². The number of ether oxygens (including phenoxy) is 1. The molecule has 0 spiro atoms. The van der Waals surface area contributed by atoms with Gasteiger partial charge in [0.05, 0.1) is 12.2 Å².